The lowest BCUT2D eigenvalue weighted by Crippen LogP contribution is -2.44. The minimum Gasteiger partial charge on any atom is -0.377 e. The van der Waals surface area contributed by atoms with Crippen molar-refractivity contribution >= 4 is 27.4 Å². The van der Waals surface area contributed by atoms with Crippen molar-refractivity contribution < 1.29 is 17.5 Å². The molecule has 2 heterocycles. The zero-order valence-corrected chi connectivity index (χ0v) is 15.3. The number of halogens is 2. The van der Waals surface area contributed by atoms with Gasteiger partial charge in [0.2, 0.25) is 5.95 Å². The Hall–Kier alpha value is -1.77. The van der Waals surface area contributed by atoms with E-state index in [1.807, 2.05) is 11.8 Å². The Labute approximate surface area is 150 Å². The molecule has 6 nitrogen and oxygen atoms in total. The second kappa shape index (κ2) is 6.86. The largest absolute Gasteiger partial charge is 0.377 e. The fourth-order valence-corrected chi connectivity index (χ4v) is 3.78. The normalized spacial score (nSPS) is 18.4. The zero-order chi connectivity index (χ0) is 18.2. The van der Waals surface area contributed by atoms with Gasteiger partial charge in [-0.25, -0.2) is 22.8 Å². The number of ether oxygens (including phenoxy) is 1. The van der Waals surface area contributed by atoms with Crippen LogP contribution in [0.1, 0.15) is 6.92 Å². The van der Waals surface area contributed by atoms with E-state index in [1.54, 1.807) is 0 Å². The smallest absolute Gasteiger partial charge is 0.227 e. The van der Waals surface area contributed by atoms with Crippen LogP contribution in [-0.4, -0.2) is 50.4 Å². The topological polar surface area (TPSA) is 72.4 Å². The lowest BCUT2D eigenvalue weighted by Gasteiger charge is -2.33. The molecule has 1 aliphatic heterocycles. The van der Waals surface area contributed by atoms with Crippen molar-refractivity contribution in [3.63, 3.8) is 0 Å². The third kappa shape index (κ3) is 3.91. The van der Waals surface area contributed by atoms with Crippen LogP contribution in [0.15, 0.2) is 29.2 Å². The Balaban J connectivity index is 2.14. The summed E-state index contributed by atoms with van der Waals surface area (Å²) in [6.07, 6.45) is 1.07. The molecular formula is C16H17ClFN3O3S. The summed E-state index contributed by atoms with van der Waals surface area (Å²) in [6.45, 7) is 3.61. The average molecular weight is 386 g/mol. The number of aromatic nitrogens is 2. The van der Waals surface area contributed by atoms with E-state index in [-0.39, 0.29) is 27.3 Å². The first-order chi connectivity index (χ1) is 11.8. The van der Waals surface area contributed by atoms with Crippen LogP contribution in [-0.2, 0) is 14.6 Å². The lowest BCUT2D eigenvalue weighted by molar-refractivity contribution is 0.0981. The van der Waals surface area contributed by atoms with Crippen LogP contribution in [0.5, 0.6) is 0 Å². The standard InChI is InChI=1S/C16H17ClFN3O3S/c1-10-9-24-6-5-21(10)16-19-13(8-15(17)20-16)12-7-11(18)3-4-14(12)25(2,22)23/h3-4,7-8,10H,5-6,9H2,1-2H3. The number of morpholine rings is 1. The van der Waals surface area contributed by atoms with Gasteiger partial charge in [-0.15, -0.1) is 0 Å². The van der Waals surface area contributed by atoms with Crippen LogP contribution < -0.4 is 4.90 Å². The molecule has 0 aliphatic carbocycles. The van der Waals surface area contributed by atoms with Crippen LogP contribution >= 0.6 is 11.6 Å². The first-order valence-electron chi connectivity index (χ1n) is 7.64. The molecule has 0 bridgehead atoms. The fourth-order valence-electron chi connectivity index (χ4n) is 2.72. The molecule has 9 heteroatoms. The number of rotatable bonds is 3. The highest BCUT2D eigenvalue weighted by Crippen LogP contribution is 2.30. The SMILES string of the molecule is CC1COCCN1c1nc(Cl)cc(-c2cc(F)ccc2S(C)(=O)=O)n1. The van der Waals surface area contributed by atoms with Gasteiger partial charge in [-0.1, -0.05) is 11.6 Å². The van der Waals surface area contributed by atoms with Crippen molar-refractivity contribution in [2.45, 2.75) is 17.9 Å². The second-order valence-electron chi connectivity index (χ2n) is 5.91. The Morgan fingerprint density at radius 1 is 1.32 bits per heavy atom. The number of hydrogen-bond acceptors (Lipinski definition) is 6. The molecule has 1 saturated heterocycles. The summed E-state index contributed by atoms with van der Waals surface area (Å²) in [6, 6.07) is 4.95. The number of sulfone groups is 1. The van der Waals surface area contributed by atoms with Crippen molar-refractivity contribution in [3.05, 3.63) is 35.2 Å². The molecule has 2 aromatic rings. The maximum absolute atomic E-state index is 13.7. The highest BCUT2D eigenvalue weighted by molar-refractivity contribution is 7.90. The third-order valence-corrected chi connectivity index (χ3v) is 5.27. The van der Waals surface area contributed by atoms with Gasteiger partial charge in [0.25, 0.3) is 0 Å². The molecule has 134 valence electrons. The van der Waals surface area contributed by atoms with Gasteiger partial charge in [0, 0.05) is 24.4 Å². The Morgan fingerprint density at radius 3 is 2.76 bits per heavy atom. The molecule has 0 radical (unpaired) electrons. The molecule has 25 heavy (non-hydrogen) atoms. The summed E-state index contributed by atoms with van der Waals surface area (Å²) < 4.78 is 43.2. The van der Waals surface area contributed by atoms with Crippen LogP contribution in [0.25, 0.3) is 11.3 Å². The highest BCUT2D eigenvalue weighted by atomic mass is 35.5. The highest BCUT2D eigenvalue weighted by Gasteiger charge is 2.24. The minimum atomic E-state index is -3.56. The van der Waals surface area contributed by atoms with Crippen LogP contribution in [0, 0.1) is 5.82 Å². The predicted molar refractivity (Wildman–Crippen MR) is 93.2 cm³/mol. The van der Waals surface area contributed by atoms with Crippen LogP contribution in [0.2, 0.25) is 5.15 Å². The third-order valence-electron chi connectivity index (χ3n) is 3.92. The zero-order valence-electron chi connectivity index (χ0n) is 13.7. The van der Waals surface area contributed by atoms with Crippen molar-refractivity contribution in [3.8, 4) is 11.3 Å². The quantitative estimate of drug-likeness (QED) is 0.597. The summed E-state index contributed by atoms with van der Waals surface area (Å²) in [5.74, 6) is -0.194. The maximum Gasteiger partial charge on any atom is 0.227 e. The summed E-state index contributed by atoms with van der Waals surface area (Å²) in [7, 11) is -3.56. The lowest BCUT2D eigenvalue weighted by atomic mass is 10.1. The molecule has 0 N–H and O–H groups in total. The van der Waals surface area contributed by atoms with E-state index in [1.165, 1.54) is 12.1 Å². The van der Waals surface area contributed by atoms with E-state index in [9.17, 15) is 12.8 Å². The molecule has 0 saturated carbocycles. The molecule has 3 rings (SSSR count). The Bertz CT molecular complexity index is 907. The molecule has 1 aliphatic rings. The predicted octanol–water partition coefficient (Wildman–Crippen LogP) is 2.56. The minimum absolute atomic E-state index is 0.00959. The summed E-state index contributed by atoms with van der Waals surface area (Å²) in [5, 5.41) is 0.155. The summed E-state index contributed by atoms with van der Waals surface area (Å²) in [4.78, 5) is 10.6. The molecule has 1 aromatic carbocycles. The monoisotopic (exact) mass is 385 g/mol. The van der Waals surface area contributed by atoms with Gasteiger partial charge in [-0.3, -0.25) is 0 Å². The molecule has 0 spiro atoms. The van der Waals surface area contributed by atoms with Crippen LogP contribution in [0.3, 0.4) is 0 Å². The van der Waals surface area contributed by atoms with E-state index in [0.29, 0.717) is 25.7 Å². The van der Waals surface area contributed by atoms with E-state index >= 15 is 0 Å². The number of nitrogens with zero attached hydrogens (tertiary/aromatic N) is 3. The summed E-state index contributed by atoms with van der Waals surface area (Å²) >= 11 is 6.12. The van der Waals surface area contributed by atoms with Crippen molar-refractivity contribution in [2.75, 3.05) is 30.9 Å². The first kappa shape index (κ1) is 18.0. The van der Waals surface area contributed by atoms with Crippen molar-refractivity contribution in [2.24, 2.45) is 0 Å². The first-order valence-corrected chi connectivity index (χ1v) is 9.91. The van der Waals surface area contributed by atoms with E-state index in [4.69, 9.17) is 16.3 Å². The van der Waals surface area contributed by atoms with Crippen LogP contribution in [0.4, 0.5) is 10.3 Å². The van der Waals surface area contributed by atoms with E-state index < -0.39 is 15.7 Å². The van der Waals surface area contributed by atoms with E-state index in [2.05, 4.69) is 9.97 Å². The van der Waals surface area contributed by atoms with Gasteiger partial charge in [0.05, 0.1) is 29.8 Å². The Kier molecular flexibility index (Phi) is 4.95. The second-order valence-corrected chi connectivity index (χ2v) is 8.28. The molecule has 0 amide bonds. The average Bonchev–Trinajstić information content (AvgIpc) is 2.53. The van der Waals surface area contributed by atoms with Gasteiger partial charge in [-0.05, 0) is 25.1 Å². The fraction of sp³-hybridized carbons (Fsp3) is 0.375. The molecule has 1 fully saturated rings. The summed E-state index contributed by atoms with van der Waals surface area (Å²) in [5.41, 5.74) is 0.419. The molecule has 1 atom stereocenters. The van der Waals surface area contributed by atoms with Gasteiger partial charge in [0.15, 0.2) is 9.84 Å². The molecular weight excluding hydrogens is 369 g/mol. The number of anilines is 1. The van der Waals surface area contributed by atoms with E-state index in [0.717, 1.165) is 18.4 Å². The number of benzene rings is 1. The van der Waals surface area contributed by atoms with Gasteiger partial charge in [0.1, 0.15) is 11.0 Å². The van der Waals surface area contributed by atoms with Crippen molar-refractivity contribution in [1.82, 2.24) is 9.97 Å². The number of hydrogen-bond donors (Lipinski definition) is 0. The molecule has 1 aromatic heterocycles. The molecule has 1 unspecified atom stereocenters. The maximum atomic E-state index is 13.7. The van der Waals surface area contributed by atoms with Gasteiger partial charge < -0.3 is 9.64 Å². The van der Waals surface area contributed by atoms with Gasteiger partial charge in [-0.2, -0.15) is 0 Å². The Morgan fingerprint density at radius 2 is 2.08 bits per heavy atom. The van der Waals surface area contributed by atoms with Gasteiger partial charge >= 0.3 is 0 Å². The van der Waals surface area contributed by atoms with Crippen molar-refractivity contribution in [1.29, 1.82) is 0 Å².